The highest BCUT2D eigenvalue weighted by Crippen LogP contribution is 2.21. The Morgan fingerprint density at radius 3 is 2.65 bits per heavy atom. The van der Waals surface area contributed by atoms with Crippen molar-refractivity contribution in [2.75, 3.05) is 18.9 Å². The molecule has 0 aliphatic rings. The quantitative estimate of drug-likeness (QED) is 0.846. The van der Waals surface area contributed by atoms with E-state index in [-0.39, 0.29) is 11.8 Å². The second-order valence-corrected chi connectivity index (χ2v) is 4.59. The van der Waals surface area contributed by atoms with E-state index in [9.17, 15) is 4.79 Å². The predicted molar refractivity (Wildman–Crippen MR) is 80.6 cm³/mol. The summed E-state index contributed by atoms with van der Waals surface area (Å²) in [7, 11) is 1.89. The number of carbonyl (C=O) groups excluding carboxylic acids is 1. The van der Waals surface area contributed by atoms with Gasteiger partial charge in [-0.3, -0.25) is 9.78 Å². The summed E-state index contributed by atoms with van der Waals surface area (Å²) in [5.74, 6) is -0.164. The summed E-state index contributed by atoms with van der Waals surface area (Å²) in [6.07, 6.45) is 4.09. The SMILES string of the molecule is CNCCC(C(=O)Nc1cccnc1)c1ccccc1. The summed E-state index contributed by atoms with van der Waals surface area (Å²) in [5.41, 5.74) is 1.76. The molecular formula is C16H19N3O. The first-order valence-electron chi connectivity index (χ1n) is 6.71. The fraction of sp³-hybridized carbons (Fsp3) is 0.250. The minimum absolute atomic E-state index is 0.000509. The van der Waals surface area contributed by atoms with Gasteiger partial charge < -0.3 is 10.6 Å². The topological polar surface area (TPSA) is 54.0 Å². The van der Waals surface area contributed by atoms with E-state index in [4.69, 9.17) is 0 Å². The van der Waals surface area contributed by atoms with Gasteiger partial charge in [-0.05, 0) is 37.7 Å². The van der Waals surface area contributed by atoms with Crippen molar-refractivity contribution >= 4 is 11.6 Å². The minimum Gasteiger partial charge on any atom is -0.324 e. The molecule has 0 spiro atoms. The van der Waals surface area contributed by atoms with Crippen molar-refractivity contribution in [2.45, 2.75) is 12.3 Å². The lowest BCUT2D eigenvalue weighted by atomic mass is 9.94. The minimum atomic E-state index is -0.163. The van der Waals surface area contributed by atoms with Gasteiger partial charge in [-0.1, -0.05) is 30.3 Å². The van der Waals surface area contributed by atoms with Crippen LogP contribution in [0.25, 0.3) is 0 Å². The van der Waals surface area contributed by atoms with Gasteiger partial charge in [-0.15, -0.1) is 0 Å². The maximum Gasteiger partial charge on any atom is 0.232 e. The molecule has 0 aliphatic heterocycles. The summed E-state index contributed by atoms with van der Waals surface area (Å²) in [6.45, 7) is 0.792. The second-order valence-electron chi connectivity index (χ2n) is 4.59. The molecule has 0 radical (unpaired) electrons. The van der Waals surface area contributed by atoms with Crippen LogP contribution >= 0.6 is 0 Å². The van der Waals surface area contributed by atoms with E-state index in [1.54, 1.807) is 18.5 Å². The third-order valence-electron chi connectivity index (χ3n) is 3.13. The third kappa shape index (κ3) is 3.90. The number of rotatable bonds is 6. The zero-order chi connectivity index (χ0) is 14.2. The molecule has 2 aromatic rings. The highest BCUT2D eigenvalue weighted by atomic mass is 16.1. The molecule has 104 valence electrons. The van der Waals surface area contributed by atoms with Gasteiger partial charge in [0.2, 0.25) is 5.91 Å². The number of nitrogens with zero attached hydrogens (tertiary/aromatic N) is 1. The maximum absolute atomic E-state index is 12.5. The number of amides is 1. The highest BCUT2D eigenvalue weighted by molar-refractivity contribution is 5.95. The Kier molecular flexibility index (Phi) is 5.26. The van der Waals surface area contributed by atoms with Crippen LogP contribution < -0.4 is 10.6 Å². The number of carbonyl (C=O) groups is 1. The van der Waals surface area contributed by atoms with Crippen LogP contribution in [0, 0.1) is 0 Å². The number of hydrogen-bond acceptors (Lipinski definition) is 3. The molecule has 2 N–H and O–H groups in total. The van der Waals surface area contributed by atoms with Crippen LogP contribution in [0.5, 0.6) is 0 Å². The fourth-order valence-electron chi connectivity index (χ4n) is 2.09. The van der Waals surface area contributed by atoms with Crippen molar-refractivity contribution in [1.29, 1.82) is 0 Å². The van der Waals surface area contributed by atoms with E-state index >= 15 is 0 Å². The van der Waals surface area contributed by atoms with Gasteiger partial charge >= 0.3 is 0 Å². The van der Waals surface area contributed by atoms with Gasteiger partial charge in [-0.25, -0.2) is 0 Å². The molecule has 4 heteroatoms. The third-order valence-corrected chi connectivity index (χ3v) is 3.13. The molecule has 20 heavy (non-hydrogen) atoms. The largest absolute Gasteiger partial charge is 0.324 e. The number of nitrogens with one attached hydrogen (secondary N) is 2. The summed E-state index contributed by atoms with van der Waals surface area (Å²) in [6, 6.07) is 13.5. The van der Waals surface area contributed by atoms with E-state index < -0.39 is 0 Å². The summed E-state index contributed by atoms with van der Waals surface area (Å²) in [4.78, 5) is 16.5. The van der Waals surface area contributed by atoms with E-state index in [1.165, 1.54) is 0 Å². The molecule has 1 aromatic carbocycles. The van der Waals surface area contributed by atoms with Crippen molar-refractivity contribution in [1.82, 2.24) is 10.3 Å². The Balaban J connectivity index is 2.12. The number of benzene rings is 1. The monoisotopic (exact) mass is 269 g/mol. The number of hydrogen-bond donors (Lipinski definition) is 2. The summed E-state index contributed by atoms with van der Waals surface area (Å²) >= 11 is 0. The normalized spacial score (nSPS) is 11.8. The first-order chi connectivity index (χ1) is 9.81. The van der Waals surface area contributed by atoms with Gasteiger partial charge in [0.1, 0.15) is 0 Å². The molecule has 1 aromatic heterocycles. The number of anilines is 1. The van der Waals surface area contributed by atoms with Crippen LogP contribution in [0.15, 0.2) is 54.9 Å². The molecule has 0 saturated carbocycles. The standard InChI is InChI=1S/C16H19N3O/c1-17-11-9-15(13-6-3-2-4-7-13)16(20)19-14-8-5-10-18-12-14/h2-8,10,12,15,17H,9,11H2,1H3,(H,19,20). The summed E-state index contributed by atoms with van der Waals surface area (Å²) in [5, 5.41) is 6.01. The molecular weight excluding hydrogens is 250 g/mol. The van der Waals surface area contributed by atoms with Gasteiger partial charge in [0, 0.05) is 6.20 Å². The molecule has 1 heterocycles. The van der Waals surface area contributed by atoms with Crippen LogP contribution in [-0.2, 0) is 4.79 Å². The average molecular weight is 269 g/mol. The Bertz CT molecular complexity index is 528. The first-order valence-corrected chi connectivity index (χ1v) is 6.71. The van der Waals surface area contributed by atoms with Crippen LogP contribution in [-0.4, -0.2) is 24.5 Å². The molecule has 0 bridgehead atoms. The molecule has 0 aliphatic carbocycles. The Morgan fingerprint density at radius 2 is 2.00 bits per heavy atom. The van der Waals surface area contributed by atoms with Gasteiger partial charge in [-0.2, -0.15) is 0 Å². The Hall–Kier alpha value is -2.20. The van der Waals surface area contributed by atoms with Crippen molar-refractivity contribution in [3.8, 4) is 0 Å². The maximum atomic E-state index is 12.5. The van der Waals surface area contributed by atoms with Crippen LogP contribution in [0.3, 0.4) is 0 Å². The fourth-order valence-corrected chi connectivity index (χ4v) is 2.09. The summed E-state index contributed by atoms with van der Waals surface area (Å²) < 4.78 is 0. The molecule has 4 nitrogen and oxygen atoms in total. The molecule has 0 fully saturated rings. The number of pyridine rings is 1. The van der Waals surface area contributed by atoms with Gasteiger partial charge in [0.15, 0.2) is 0 Å². The van der Waals surface area contributed by atoms with Crippen molar-refractivity contribution < 1.29 is 4.79 Å². The van der Waals surface area contributed by atoms with Crippen LogP contribution in [0.2, 0.25) is 0 Å². The van der Waals surface area contributed by atoms with Crippen molar-refractivity contribution in [3.63, 3.8) is 0 Å². The highest BCUT2D eigenvalue weighted by Gasteiger charge is 2.20. The van der Waals surface area contributed by atoms with E-state index in [1.807, 2.05) is 43.4 Å². The van der Waals surface area contributed by atoms with Crippen molar-refractivity contribution in [2.24, 2.45) is 0 Å². The van der Waals surface area contributed by atoms with Gasteiger partial charge in [0.25, 0.3) is 0 Å². The molecule has 1 unspecified atom stereocenters. The average Bonchev–Trinajstić information content (AvgIpc) is 2.50. The van der Waals surface area contributed by atoms with Crippen LogP contribution in [0.4, 0.5) is 5.69 Å². The number of aromatic nitrogens is 1. The molecule has 0 saturated heterocycles. The van der Waals surface area contributed by atoms with E-state index in [0.717, 1.165) is 24.2 Å². The van der Waals surface area contributed by atoms with Crippen molar-refractivity contribution in [3.05, 3.63) is 60.4 Å². The molecule has 2 rings (SSSR count). The zero-order valence-electron chi connectivity index (χ0n) is 11.5. The Labute approximate surface area is 119 Å². The molecule has 1 atom stereocenters. The first kappa shape index (κ1) is 14.2. The lowest BCUT2D eigenvalue weighted by Gasteiger charge is -2.17. The molecule has 1 amide bonds. The zero-order valence-corrected chi connectivity index (χ0v) is 11.5. The lowest BCUT2D eigenvalue weighted by Crippen LogP contribution is -2.24. The lowest BCUT2D eigenvalue weighted by molar-refractivity contribution is -0.117. The van der Waals surface area contributed by atoms with E-state index in [2.05, 4.69) is 15.6 Å². The van der Waals surface area contributed by atoms with Gasteiger partial charge in [0.05, 0.1) is 17.8 Å². The predicted octanol–water partition coefficient (Wildman–Crippen LogP) is 2.41. The second kappa shape index (κ2) is 7.40. The smallest absolute Gasteiger partial charge is 0.232 e. The Morgan fingerprint density at radius 1 is 1.20 bits per heavy atom. The van der Waals surface area contributed by atoms with Crippen LogP contribution in [0.1, 0.15) is 17.9 Å². The van der Waals surface area contributed by atoms with E-state index in [0.29, 0.717) is 0 Å².